The highest BCUT2D eigenvalue weighted by atomic mass is 15.3. The number of hydrogen-bond acceptors (Lipinski definition) is 3. The summed E-state index contributed by atoms with van der Waals surface area (Å²) < 4.78 is 0. The Balaban J connectivity index is 1.93. The lowest BCUT2D eigenvalue weighted by Gasteiger charge is -2.32. The highest BCUT2D eigenvalue weighted by Gasteiger charge is 2.44. The molecule has 3 unspecified atom stereocenters. The summed E-state index contributed by atoms with van der Waals surface area (Å²) in [7, 11) is 0. The van der Waals surface area contributed by atoms with Gasteiger partial charge in [-0.05, 0) is 38.2 Å². The molecule has 3 atom stereocenters. The van der Waals surface area contributed by atoms with Crippen LogP contribution in [0.1, 0.15) is 26.2 Å². The predicted molar refractivity (Wildman–Crippen MR) is 55.1 cm³/mol. The molecular weight excluding hydrogens is 174 g/mol. The number of aromatic nitrogens is 2. The van der Waals surface area contributed by atoms with Gasteiger partial charge in [0, 0.05) is 24.5 Å². The first-order chi connectivity index (χ1) is 6.86. The SMILES string of the molecule is CC1C2CCC(C2)N1c1ncccn1. The summed E-state index contributed by atoms with van der Waals surface area (Å²) >= 11 is 0. The van der Waals surface area contributed by atoms with E-state index in [-0.39, 0.29) is 0 Å². The van der Waals surface area contributed by atoms with Crippen molar-refractivity contribution in [1.82, 2.24) is 9.97 Å². The monoisotopic (exact) mass is 189 g/mol. The molecule has 14 heavy (non-hydrogen) atoms. The van der Waals surface area contributed by atoms with Crippen molar-refractivity contribution >= 4 is 5.95 Å². The Morgan fingerprint density at radius 2 is 2.07 bits per heavy atom. The van der Waals surface area contributed by atoms with E-state index >= 15 is 0 Å². The van der Waals surface area contributed by atoms with E-state index in [1.54, 1.807) is 0 Å². The Kier molecular flexibility index (Phi) is 1.72. The van der Waals surface area contributed by atoms with Gasteiger partial charge in [0.25, 0.3) is 0 Å². The number of anilines is 1. The van der Waals surface area contributed by atoms with Crippen LogP contribution in [-0.2, 0) is 0 Å². The van der Waals surface area contributed by atoms with E-state index in [9.17, 15) is 0 Å². The molecule has 1 aromatic rings. The van der Waals surface area contributed by atoms with Crippen LogP contribution in [0.2, 0.25) is 0 Å². The van der Waals surface area contributed by atoms with E-state index in [2.05, 4.69) is 21.8 Å². The first-order valence-electron chi connectivity index (χ1n) is 5.41. The molecule has 2 fully saturated rings. The van der Waals surface area contributed by atoms with Crippen LogP contribution in [0.3, 0.4) is 0 Å². The van der Waals surface area contributed by atoms with Crippen LogP contribution < -0.4 is 4.90 Å². The minimum Gasteiger partial charge on any atom is -0.335 e. The second kappa shape index (κ2) is 2.94. The zero-order chi connectivity index (χ0) is 9.54. The number of piperidine rings is 1. The second-order valence-corrected chi connectivity index (χ2v) is 4.42. The van der Waals surface area contributed by atoms with Crippen molar-refractivity contribution in [2.24, 2.45) is 5.92 Å². The van der Waals surface area contributed by atoms with Gasteiger partial charge in [-0.3, -0.25) is 0 Å². The van der Waals surface area contributed by atoms with Gasteiger partial charge in [0.1, 0.15) is 0 Å². The molecule has 3 rings (SSSR count). The molecule has 0 radical (unpaired) electrons. The summed E-state index contributed by atoms with van der Waals surface area (Å²) in [4.78, 5) is 11.1. The number of fused-ring (bicyclic) bond motifs is 2. The topological polar surface area (TPSA) is 29.0 Å². The minimum absolute atomic E-state index is 0.635. The van der Waals surface area contributed by atoms with Gasteiger partial charge in [-0.1, -0.05) is 0 Å². The Bertz CT molecular complexity index is 323. The average molecular weight is 189 g/mol. The third kappa shape index (κ3) is 1.04. The van der Waals surface area contributed by atoms with E-state index in [1.807, 2.05) is 18.5 Å². The standard InChI is InChI=1S/C11H15N3/c1-8-9-3-4-10(7-9)14(8)11-12-5-2-6-13-11/h2,5-6,8-10H,3-4,7H2,1H3. The molecular formula is C11H15N3. The molecule has 2 heterocycles. The van der Waals surface area contributed by atoms with Crippen LogP contribution >= 0.6 is 0 Å². The summed E-state index contributed by atoms with van der Waals surface area (Å²) in [6.45, 7) is 2.31. The molecule has 1 aromatic heterocycles. The fourth-order valence-corrected chi connectivity index (χ4v) is 3.01. The van der Waals surface area contributed by atoms with Crippen molar-refractivity contribution in [2.75, 3.05) is 4.90 Å². The molecule has 2 aliphatic rings. The van der Waals surface area contributed by atoms with E-state index in [4.69, 9.17) is 0 Å². The quantitative estimate of drug-likeness (QED) is 0.675. The van der Waals surface area contributed by atoms with Crippen LogP contribution in [0.15, 0.2) is 18.5 Å². The Hall–Kier alpha value is -1.12. The summed E-state index contributed by atoms with van der Waals surface area (Å²) in [5, 5.41) is 0. The Labute approximate surface area is 84.2 Å². The van der Waals surface area contributed by atoms with Gasteiger partial charge in [0.05, 0.1) is 0 Å². The Morgan fingerprint density at radius 3 is 2.71 bits per heavy atom. The van der Waals surface area contributed by atoms with E-state index in [1.165, 1.54) is 19.3 Å². The molecule has 0 amide bonds. The molecule has 3 nitrogen and oxygen atoms in total. The van der Waals surface area contributed by atoms with Gasteiger partial charge in [0.15, 0.2) is 0 Å². The van der Waals surface area contributed by atoms with Gasteiger partial charge in [-0.15, -0.1) is 0 Å². The molecule has 74 valence electrons. The number of rotatable bonds is 1. The third-order valence-corrected chi connectivity index (χ3v) is 3.74. The van der Waals surface area contributed by atoms with Crippen LogP contribution in [0.4, 0.5) is 5.95 Å². The summed E-state index contributed by atoms with van der Waals surface area (Å²) in [6, 6.07) is 3.22. The average Bonchev–Trinajstić information content (AvgIpc) is 2.79. The molecule has 0 N–H and O–H groups in total. The first-order valence-corrected chi connectivity index (χ1v) is 5.41. The van der Waals surface area contributed by atoms with Gasteiger partial charge in [-0.25, -0.2) is 9.97 Å². The highest BCUT2D eigenvalue weighted by molar-refractivity contribution is 5.37. The highest BCUT2D eigenvalue weighted by Crippen LogP contribution is 2.43. The maximum absolute atomic E-state index is 4.34. The van der Waals surface area contributed by atoms with Crippen LogP contribution in [0.25, 0.3) is 0 Å². The van der Waals surface area contributed by atoms with Gasteiger partial charge in [0.2, 0.25) is 5.95 Å². The molecule has 2 bridgehead atoms. The number of nitrogens with zero attached hydrogens (tertiary/aromatic N) is 3. The molecule has 0 spiro atoms. The van der Waals surface area contributed by atoms with Crippen molar-refractivity contribution in [3.63, 3.8) is 0 Å². The van der Waals surface area contributed by atoms with E-state index < -0.39 is 0 Å². The zero-order valence-electron chi connectivity index (χ0n) is 8.43. The molecule has 0 aromatic carbocycles. The van der Waals surface area contributed by atoms with Crippen molar-refractivity contribution in [3.05, 3.63) is 18.5 Å². The summed E-state index contributed by atoms with van der Waals surface area (Å²) in [5.41, 5.74) is 0. The number of hydrogen-bond donors (Lipinski definition) is 0. The minimum atomic E-state index is 0.635. The first kappa shape index (κ1) is 8.21. The normalized spacial score (nSPS) is 35.2. The predicted octanol–water partition coefficient (Wildman–Crippen LogP) is 1.85. The van der Waals surface area contributed by atoms with Crippen molar-refractivity contribution in [3.8, 4) is 0 Å². The van der Waals surface area contributed by atoms with Crippen molar-refractivity contribution in [1.29, 1.82) is 0 Å². The Morgan fingerprint density at radius 1 is 1.29 bits per heavy atom. The van der Waals surface area contributed by atoms with Crippen molar-refractivity contribution in [2.45, 2.75) is 38.3 Å². The summed E-state index contributed by atoms with van der Waals surface area (Å²) in [5.74, 6) is 1.80. The van der Waals surface area contributed by atoms with E-state index in [0.717, 1.165) is 11.9 Å². The molecule has 1 aliphatic heterocycles. The molecule has 1 saturated carbocycles. The largest absolute Gasteiger partial charge is 0.335 e. The zero-order valence-corrected chi connectivity index (χ0v) is 8.43. The second-order valence-electron chi connectivity index (χ2n) is 4.42. The van der Waals surface area contributed by atoms with Gasteiger partial charge >= 0.3 is 0 Å². The van der Waals surface area contributed by atoms with Gasteiger partial charge < -0.3 is 4.90 Å². The molecule has 1 saturated heterocycles. The van der Waals surface area contributed by atoms with Crippen LogP contribution in [0.5, 0.6) is 0 Å². The van der Waals surface area contributed by atoms with Crippen LogP contribution in [-0.4, -0.2) is 22.1 Å². The fourth-order valence-electron chi connectivity index (χ4n) is 3.01. The lowest BCUT2D eigenvalue weighted by molar-refractivity contribution is 0.448. The molecule has 1 aliphatic carbocycles. The fraction of sp³-hybridized carbons (Fsp3) is 0.636. The van der Waals surface area contributed by atoms with Crippen LogP contribution in [0, 0.1) is 5.92 Å². The van der Waals surface area contributed by atoms with Crippen molar-refractivity contribution < 1.29 is 0 Å². The smallest absolute Gasteiger partial charge is 0.225 e. The van der Waals surface area contributed by atoms with E-state index in [0.29, 0.717) is 12.1 Å². The maximum atomic E-state index is 4.34. The van der Waals surface area contributed by atoms with Gasteiger partial charge in [-0.2, -0.15) is 0 Å². The third-order valence-electron chi connectivity index (χ3n) is 3.74. The summed E-state index contributed by atoms with van der Waals surface area (Å²) in [6.07, 6.45) is 7.74. The maximum Gasteiger partial charge on any atom is 0.225 e. The lowest BCUT2D eigenvalue weighted by atomic mass is 10.0. The molecule has 3 heteroatoms. The lowest BCUT2D eigenvalue weighted by Crippen LogP contribution is -2.40.